The Balaban J connectivity index is 2.18. The van der Waals surface area contributed by atoms with E-state index < -0.39 is 0 Å². The number of hydrogen-bond donors (Lipinski definition) is 2. The highest BCUT2D eigenvalue weighted by Crippen LogP contribution is 2.12. The van der Waals surface area contributed by atoms with Crippen molar-refractivity contribution in [1.82, 2.24) is 9.97 Å². The van der Waals surface area contributed by atoms with E-state index in [1.807, 2.05) is 0 Å². The Bertz CT molecular complexity index is 326. The normalized spacial score (nSPS) is 10.8. The Kier molecular flexibility index (Phi) is 6.00. The maximum Gasteiger partial charge on any atom is 0.223 e. The molecule has 0 aliphatic heterocycles. The highest BCUT2D eigenvalue weighted by molar-refractivity contribution is 6.29. The molecule has 3 N–H and O–H groups in total. The summed E-state index contributed by atoms with van der Waals surface area (Å²) >= 11 is 5.75. The Morgan fingerprint density at radius 1 is 1.47 bits per heavy atom. The van der Waals surface area contributed by atoms with Crippen LogP contribution >= 0.6 is 11.6 Å². The summed E-state index contributed by atoms with van der Waals surface area (Å²) in [6, 6.07) is 1.65. The summed E-state index contributed by atoms with van der Waals surface area (Å²) in [6.45, 7) is 6.56. The molecule has 1 rings (SSSR count). The zero-order chi connectivity index (χ0) is 12.7. The molecule has 6 heteroatoms. The minimum Gasteiger partial charge on any atom is -0.381 e. The van der Waals surface area contributed by atoms with Gasteiger partial charge in [-0.25, -0.2) is 4.98 Å². The summed E-state index contributed by atoms with van der Waals surface area (Å²) in [5.74, 6) is 1.39. The average molecular weight is 259 g/mol. The maximum absolute atomic E-state index is 5.75. The van der Waals surface area contributed by atoms with Crippen LogP contribution in [0.5, 0.6) is 0 Å². The molecule has 0 aromatic carbocycles. The molecule has 0 atom stereocenters. The van der Waals surface area contributed by atoms with Gasteiger partial charge in [-0.1, -0.05) is 25.4 Å². The highest BCUT2D eigenvalue weighted by Gasteiger charge is 1.99. The van der Waals surface area contributed by atoms with E-state index in [-0.39, 0.29) is 5.95 Å². The summed E-state index contributed by atoms with van der Waals surface area (Å²) < 4.78 is 5.46. The van der Waals surface area contributed by atoms with E-state index in [4.69, 9.17) is 22.1 Å². The van der Waals surface area contributed by atoms with Crippen LogP contribution in [0.1, 0.15) is 20.3 Å². The molecule has 0 aliphatic carbocycles. The van der Waals surface area contributed by atoms with E-state index in [0.29, 0.717) is 16.9 Å². The lowest BCUT2D eigenvalue weighted by Crippen LogP contribution is -2.10. The minimum atomic E-state index is 0.177. The third-order valence-electron chi connectivity index (χ3n) is 1.93. The van der Waals surface area contributed by atoms with Crippen LogP contribution in [0.2, 0.25) is 5.15 Å². The lowest BCUT2D eigenvalue weighted by Gasteiger charge is -2.08. The van der Waals surface area contributed by atoms with Gasteiger partial charge in [0, 0.05) is 25.8 Å². The van der Waals surface area contributed by atoms with Gasteiger partial charge in [0.2, 0.25) is 5.95 Å². The fourth-order valence-electron chi connectivity index (χ4n) is 1.24. The number of rotatable bonds is 7. The maximum atomic E-state index is 5.75. The molecule has 1 aromatic rings. The van der Waals surface area contributed by atoms with Gasteiger partial charge in [0.25, 0.3) is 0 Å². The Morgan fingerprint density at radius 3 is 2.88 bits per heavy atom. The fraction of sp³-hybridized carbons (Fsp3) is 0.636. The monoisotopic (exact) mass is 258 g/mol. The predicted molar refractivity (Wildman–Crippen MR) is 70.2 cm³/mol. The number of nitrogens with two attached hydrogens (primary N) is 1. The lowest BCUT2D eigenvalue weighted by atomic mass is 10.2. The van der Waals surface area contributed by atoms with Crippen molar-refractivity contribution in [3.8, 4) is 0 Å². The number of nitrogens with one attached hydrogen (secondary N) is 1. The third-order valence-corrected chi connectivity index (χ3v) is 2.13. The average Bonchev–Trinajstić information content (AvgIpc) is 2.21. The molecule has 0 aliphatic rings. The first-order valence-electron chi connectivity index (χ1n) is 5.69. The molecule has 0 spiro atoms. The quantitative estimate of drug-likeness (QED) is 0.579. The van der Waals surface area contributed by atoms with Crippen LogP contribution in [0, 0.1) is 5.92 Å². The van der Waals surface area contributed by atoms with Crippen LogP contribution in [0.3, 0.4) is 0 Å². The van der Waals surface area contributed by atoms with Crippen molar-refractivity contribution in [3.63, 3.8) is 0 Å². The van der Waals surface area contributed by atoms with Crippen LogP contribution in [0.15, 0.2) is 6.07 Å². The smallest absolute Gasteiger partial charge is 0.223 e. The van der Waals surface area contributed by atoms with E-state index in [9.17, 15) is 0 Å². The van der Waals surface area contributed by atoms with Gasteiger partial charge < -0.3 is 15.8 Å². The van der Waals surface area contributed by atoms with E-state index in [1.165, 1.54) is 0 Å². The topological polar surface area (TPSA) is 73.1 Å². The van der Waals surface area contributed by atoms with Crippen molar-refractivity contribution >= 4 is 23.4 Å². The molecule has 0 radical (unpaired) electrons. The van der Waals surface area contributed by atoms with Crippen molar-refractivity contribution in [1.29, 1.82) is 0 Å². The van der Waals surface area contributed by atoms with E-state index in [2.05, 4.69) is 29.1 Å². The lowest BCUT2D eigenvalue weighted by molar-refractivity contribution is 0.110. The Morgan fingerprint density at radius 2 is 2.24 bits per heavy atom. The van der Waals surface area contributed by atoms with Crippen LogP contribution in [-0.4, -0.2) is 29.7 Å². The first-order chi connectivity index (χ1) is 8.08. The molecule has 5 nitrogen and oxygen atoms in total. The Labute approximate surface area is 107 Å². The van der Waals surface area contributed by atoms with Gasteiger partial charge in [0.15, 0.2) is 0 Å². The van der Waals surface area contributed by atoms with E-state index in [0.717, 1.165) is 26.2 Å². The van der Waals surface area contributed by atoms with Crippen LogP contribution in [0.25, 0.3) is 0 Å². The number of hydrogen-bond acceptors (Lipinski definition) is 5. The van der Waals surface area contributed by atoms with Crippen molar-refractivity contribution in [3.05, 3.63) is 11.2 Å². The summed E-state index contributed by atoms with van der Waals surface area (Å²) in [4.78, 5) is 7.79. The number of ether oxygens (including phenoxy) is 1. The fourth-order valence-corrected chi connectivity index (χ4v) is 1.43. The van der Waals surface area contributed by atoms with Crippen molar-refractivity contribution in [2.75, 3.05) is 30.8 Å². The molecular weight excluding hydrogens is 240 g/mol. The third kappa shape index (κ3) is 6.28. The SMILES string of the molecule is CC(C)COCCCNc1cc(Cl)nc(N)n1. The molecule has 96 valence electrons. The van der Waals surface area contributed by atoms with Gasteiger partial charge in [0.1, 0.15) is 11.0 Å². The zero-order valence-corrected chi connectivity index (χ0v) is 11.0. The van der Waals surface area contributed by atoms with Crippen LogP contribution in [0.4, 0.5) is 11.8 Å². The second-order valence-corrected chi connectivity index (χ2v) is 4.57. The molecule has 17 heavy (non-hydrogen) atoms. The highest BCUT2D eigenvalue weighted by atomic mass is 35.5. The molecule has 0 saturated carbocycles. The molecule has 1 aromatic heterocycles. The number of nitrogen functional groups attached to an aromatic ring is 1. The predicted octanol–water partition coefficient (Wildman–Crippen LogP) is 2.19. The first kappa shape index (κ1) is 14.0. The zero-order valence-electron chi connectivity index (χ0n) is 10.2. The molecule has 0 unspecified atom stereocenters. The van der Waals surface area contributed by atoms with Gasteiger partial charge in [-0.3, -0.25) is 0 Å². The summed E-state index contributed by atoms with van der Waals surface area (Å²) in [5, 5.41) is 3.46. The number of aromatic nitrogens is 2. The van der Waals surface area contributed by atoms with Gasteiger partial charge in [-0.2, -0.15) is 4.98 Å². The summed E-state index contributed by atoms with van der Waals surface area (Å²) in [5.41, 5.74) is 5.47. The molecule has 1 heterocycles. The summed E-state index contributed by atoms with van der Waals surface area (Å²) in [6.07, 6.45) is 0.911. The first-order valence-corrected chi connectivity index (χ1v) is 6.07. The molecular formula is C11H19ClN4O. The molecule has 0 fully saturated rings. The van der Waals surface area contributed by atoms with Gasteiger partial charge in [-0.15, -0.1) is 0 Å². The van der Waals surface area contributed by atoms with E-state index in [1.54, 1.807) is 6.07 Å². The number of anilines is 2. The Hall–Kier alpha value is -1.07. The van der Waals surface area contributed by atoms with Crippen molar-refractivity contribution in [2.45, 2.75) is 20.3 Å². The second kappa shape index (κ2) is 7.29. The van der Waals surface area contributed by atoms with E-state index >= 15 is 0 Å². The molecule has 0 amide bonds. The van der Waals surface area contributed by atoms with Gasteiger partial charge in [0.05, 0.1) is 0 Å². The van der Waals surface area contributed by atoms with Gasteiger partial charge >= 0.3 is 0 Å². The number of nitrogens with zero attached hydrogens (tertiary/aromatic N) is 2. The second-order valence-electron chi connectivity index (χ2n) is 4.18. The largest absolute Gasteiger partial charge is 0.381 e. The van der Waals surface area contributed by atoms with Crippen LogP contribution < -0.4 is 11.1 Å². The number of halogens is 1. The van der Waals surface area contributed by atoms with Crippen LogP contribution in [-0.2, 0) is 4.74 Å². The molecule has 0 saturated heterocycles. The minimum absolute atomic E-state index is 0.177. The van der Waals surface area contributed by atoms with Crippen molar-refractivity contribution in [2.24, 2.45) is 5.92 Å². The van der Waals surface area contributed by atoms with Crippen molar-refractivity contribution < 1.29 is 4.74 Å². The van der Waals surface area contributed by atoms with Gasteiger partial charge in [-0.05, 0) is 12.3 Å². The molecule has 0 bridgehead atoms. The summed E-state index contributed by atoms with van der Waals surface area (Å²) in [7, 11) is 0. The standard InChI is InChI=1S/C11H19ClN4O/c1-8(2)7-17-5-3-4-14-10-6-9(12)15-11(13)16-10/h6,8H,3-5,7H2,1-2H3,(H3,13,14,15,16).